The van der Waals surface area contributed by atoms with Gasteiger partial charge in [0.05, 0.1) is 43.3 Å². The monoisotopic (exact) mass is 978 g/mol. The van der Waals surface area contributed by atoms with Crippen LogP contribution in [0.2, 0.25) is 0 Å². The van der Waals surface area contributed by atoms with Gasteiger partial charge in [-0.1, -0.05) is 57.6 Å². The van der Waals surface area contributed by atoms with Crippen LogP contribution in [0.5, 0.6) is 5.75 Å². The van der Waals surface area contributed by atoms with Crippen LogP contribution >= 0.6 is 0 Å². The number of allylic oxidation sites excluding steroid dienone is 3. The van der Waals surface area contributed by atoms with Gasteiger partial charge in [0.2, 0.25) is 5.79 Å². The highest BCUT2D eigenvalue weighted by Crippen LogP contribution is 2.40. The molecule has 16 nitrogen and oxygen atoms in total. The molecule has 1 amide bonds. The zero-order chi connectivity index (χ0) is 50.9. The Kier molecular flexibility index (Phi) is 19.6. The highest BCUT2D eigenvalue weighted by atomic mass is 16.7. The van der Waals surface area contributed by atoms with Gasteiger partial charge < -0.3 is 53.3 Å². The number of aromatic amines is 1. The minimum Gasteiger partial charge on any atom is -0.496 e. The van der Waals surface area contributed by atoms with Crippen LogP contribution in [0.1, 0.15) is 118 Å². The molecule has 2 bridgehead atoms. The summed E-state index contributed by atoms with van der Waals surface area (Å²) in [6, 6.07) is 6.53. The number of nitrogens with zero attached hydrogens (tertiary/aromatic N) is 2. The van der Waals surface area contributed by atoms with Gasteiger partial charge in [0.15, 0.2) is 0 Å². The number of nitrogens with one attached hydrogen (secondary N) is 1. The van der Waals surface area contributed by atoms with Crippen LogP contribution in [0, 0.1) is 29.6 Å². The van der Waals surface area contributed by atoms with E-state index in [9.17, 15) is 29.4 Å². The quantitative estimate of drug-likeness (QED) is 0.117. The van der Waals surface area contributed by atoms with Crippen molar-refractivity contribution in [2.75, 3.05) is 35.0 Å². The maximum Gasteiger partial charge on any atom is 0.329 e. The van der Waals surface area contributed by atoms with Crippen molar-refractivity contribution in [2.24, 2.45) is 29.6 Å². The minimum atomic E-state index is -2.52. The number of benzene rings is 1. The number of piperidine rings is 1. The molecule has 1 aromatic heterocycles. The molecule has 1 aliphatic carbocycles. The lowest BCUT2D eigenvalue weighted by Gasteiger charge is -2.47. The van der Waals surface area contributed by atoms with Crippen molar-refractivity contribution in [1.82, 2.24) is 14.9 Å². The van der Waals surface area contributed by atoms with Crippen molar-refractivity contribution in [3.63, 3.8) is 0 Å². The first-order valence-electron chi connectivity index (χ1n) is 25.4. The van der Waals surface area contributed by atoms with Crippen LogP contribution in [-0.2, 0) is 54.2 Å². The third-order valence-electron chi connectivity index (χ3n) is 15.3. The van der Waals surface area contributed by atoms with E-state index in [0.29, 0.717) is 56.3 Å². The second kappa shape index (κ2) is 24.9. The number of methoxy groups -OCH3 is 4. The zero-order valence-electron chi connectivity index (χ0n) is 43.0. The van der Waals surface area contributed by atoms with E-state index in [4.69, 9.17) is 38.1 Å². The molecule has 1 saturated carbocycles. The fraction of sp³-hybridized carbons (Fsp3) is 0.685. The molecule has 3 fully saturated rings. The van der Waals surface area contributed by atoms with Crippen LogP contribution in [0.4, 0.5) is 0 Å². The van der Waals surface area contributed by atoms with Gasteiger partial charge in [0.25, 0.3) is 11.7 Å². The molecule has 6 rings (SSSR count). The first kappa shape index (κ1) is 55.0. The van der Waals surface area contributed by atoms with Gasteiger partial charge in [0.1, 0.15) is 42.2 Å². The summed E-state index contributed by atoms with van der Waals surface area (Å²) in [7, 11) is 6.36. The average molecular weight is 978 g/mol. The summed E-state index contributed by atoms with van der Waals surface area (Å²) in [6.07, 6.45) is 6.16. The number of esters is 1. The molecule has 4 heterocycles. The van der Waals surface area contributed by atoms with E-state index >= 15 is 0 Å². The second-order valence-corrected chi connectivity index (χ2v) is 20.4. The highest BCUT2D eigenvalue weighted by Gasteiger charge is 2.56. The molecule has 70 heavy (non-hydrogen) atoms. The van der Waals surface area contributed by atoms with Gasteiger partial charge in [-0.05, 0) is 108 Å². The smallest absolute Gasteiger partial charge is 0.329 e. The lowest BCUT2D eigenvalue weighted by atomic mass is 9.81. The summed E-state index contributed by atoms with van der Waals surface area (Å²) in [5.41, 5.74) is 3.29. The molecule has 0 radical (unpaired) electrons. The predicted molar refractivity (Wildman–Crippen MR) is 261 cm³/mol. The first-order valence-corrected chi connectivity index (χ1v) is 25.4. The number of fused-ring (bicyclic) bond motifs is 3. The SMILES string of the molecule is CCC1/C=C(\C)CC(C)CC(OC)C2OC(O)(C(=O)C(=O)N3CCCCC3C(=O)OC(C(C)=CC3CCC(OCc4nc(-c5ccccc5OC)c[nH]4)C(OC)C3)C(C)C(O)CC1=O)C(C)CC2OC. The number of imidazole rings is 1. The number of carbonyl (C=O) groups is 4. The Morgan fingerprint density at radius 1 is 0.929 bits per heavy atom. The van der Waals surface area contributed by atoms with Crippen molar-refractivity contribution in [3.05, 3.63) is 59.6 Å². The van der Waals surface area contributed by atoms with E-state index in [2.05, 4.69) is 18.0 Å². The van der Waals surface area contributed by atoms with Crippen LogP contribution in [0.3, 0.4) is 0 Å². The minimum absolute atomic E-state index is 0.0109. The number of hydrogen-bond donors (Lipinski definition) is 3. The number of para-hydroxylation sites is 1. The van der Waals surface area contributed by atoms with E-state index in [1.54, 1.807) is 28.1 Å². The van der Waals surface area contributed by atoms with Crippen molar-refractivity contribution in [2.45, 2.75) is 173 Å². The van der Waals surface area contributed by atoms with Gasteiger partial charge in [0, 0.05) is 63.8 Å². The van der Waals surface area contributed by atoms with Crippen molar-refractivity contribution in [3.8, 4) is 17.0 Å². The summed E-state index contributed by atoms with van der Waals surface area (Å²) in [4.78, 5) is 66.6. The number of Topliss-reactive ketones (excluding diaryl/α,β-unsaturated/α-hetero) is 2. The van der Waals surface area contributed by atoms with Gasteiger partial charge >= 0.3 is 5.97 Å². The Balaban J connectivity index is 1.26. The molecule has 1 aromatic carbocycles. The second-order valence-electron chi connectivity index (χ2n) is 20.4. The van der Waals surface area contributed by atoms with Crippen molar-refractivity contribution in [1.29, 1.82) is 0 Å². The number of carbonyl (C=O) groups excluding carboxylic acids is 4. The normalized spacial score (nSPS) is 35.5. The molecule has 2 aromatic rings. The third kappa shape index (κ3) is 12.8. The summed E-state index contributed by atoms with van der Waals surface area (Å²) < 4.78 is 42.4. The fourth-order valence-corrected chi connectivity index (χ4v) is 11.2. The number of hydrogen-bond acceptors (Lipinski definition) is 14. The van der Waals surface area contributed by atoms with Crippen LogP contribution in [-0.4, -0.2) is 138 Å². The Labute approximate surface area is 414 Å². The van der Waals surface area contributed by atoms with E-state index < -0.39 is 77.8 Å². The number of aliphatic hydroxyl groups is 2. The van der Waals surface area contributed by atoms with Gasteiger partial charge in [-0.15, -0.1) is 0 Å². The number of cyclic esters (lactones) is 1. The lowest BCUT2D eigenvalue weighted by Crippen LogP contribution is -2.64. The number of rotatable bonds is 11. The largest absolute Gasteiger partial charge is 0.496 e. The molecule has 14 unspecified atom stereocenters. The molecular weight excluding hydrogens is 899 g/mol. The Morgan fingerprint density at radius 3 is 2.34 bits per heavy atom. The van der Waals surface area contributed by atoms with Gasteiger partial charge in [-0.3, -0.25) is 14.4 Å². The topological polar surface area (TPSA) is 205 Å². The molecule has 0 spiro atoms. The third-order valence-corrected chi connectivity index (χ3v) is 15.3. The average Bonchev–Trinajstić information content (AvgIpc) is 3.84. The number of H-pyrrole nitrogens is 1. The molecule has 2 saturated heterocycles. The number of aliphatic hydroxyl groups excluding tert-OH is 1. The van der Waals surface area contributed by atoms with Crippen LogP contribution in [0.25, 0.3) is 11.3 Å². The summed E-state index contributed by atoms with van der Waals surface area (Å²) in [5.74, 6) is -6.21. The lowest BCUT2D eigenvalue weighted by molar-refractivity contribution is -0.302. The van der Waals surface area contributed by atoms with E-state index in [0.717, 1.165) is 29.0 Å². The number of amides is 1. The molecule has 4 aliphatic rings. The summed E-state index contributed by atoms with van der Waals surface area (Å²) in [6.45, 7) is 11.6. The van der Waals surface area contributed by atoms with Crippen molar-refractivity contribution < 1.29 is 62.5 Å². The zero-order valence-corrected chi connectivity index (χ0v) is 43.0. The first-order chi connectivity index (χ1) is 33.5. The molecule has 388 valence electrons. The molecule has 16 heteroatoms. The summed E-state index contributed by atoms with van der Waals surface area (Å²) >= 11 is 0. The fourth-order valence-electron chi connectivity index (χ4n) is 11.2. The van der Waals surface area contributed by atoms with Crippen LogP contribution in [0.15, 0.2) is 53.8 Å². The molecule has 3 aliphatic heterocycles. The maximum absolute atomic E-state index is 14.6. The number of ketones is 2. The maximum atomic E-state index is 14.6. The van der Waals surface area contributed by atoms with Crippen LogP contribution < -0.4 is 4.74 Å². The number of ether oxygens (including phenoxy) is 7. The predicted octanol–water partition coefficient (Wildman–Crippen LogP) is 7.10. The highest BCUT2D eigenvalue weighted by molar-refractivity contribution is 6.39. The summed E-state index contributed by atoms with van der Waals surface area (Å²) in [5, 5.41) is 24.0. The Bertz CT molecular complexity index is 2160. The Morgan fingerprint density at radius 2 is 1.64 bits per heavy atom. The Hall–Kier alpha value is -4.29. The van der Waals surface area contributed by atoms with E-state index in [1.165, 1.54) is 19.1 Å². The van der Waals surface area contributed by atoms with Gasteiger partial charge in [-0.2, -0.15) is 0 Å². The van der Waals surface area contributed by atoms with E-state index in [-0.39, 0.29) is 62.2 Å². The van der Waals surface area contributed by atoms with Gasteiger partial charge in [-0.25, -0.2) is 9.78 Å². The standard InChI is InChI=1S/C54H79N3O13/c1-11-37-23-31(2)22-32(3)24-46(66-9)50-47(67-10)26-34(5)54(63,70-50)51(60)52(61)57-21-15-14-17-40(57)53(62)69-49(35(6)41(58)28-42(37)59)33(4)25-36-19-20-44(45(27-36)65-8)68-30-48-55-29-39(56-48)38-16-12-13-18-43(38)64-7/h12-13,16,18,23,25,29,32,34-37,40-41,44-47,49-50,58,63H,11,14-15,17,19-22,24,26-28,30H2,1-10H3,(H,55,56)/b31-23+,33-25?. The van der Waals surface area contributed by atoms with Crippen molar-refractivity contribution >= 4 is 23.4 Å². The van der Waals surface area contributed by atoms with E-state index in [1.807, 2.05) is 57.3 Å². The molecule has 14 atom stereocenters. The number of aromatic nitrogens is 2. The molecule has 3 N–H and O–H groups in total. The molecular formula is C54H79N3O13.